The molecule has 0 aliphatic heterocycles. The van der Waals surface area contributed by atoms with Crippen LogP contribution < -0.4 is 5.32 Å². The van der Waals surface area contributed by atoms with E-state index in [4.69, 9.17) is 0 Å². The maximum atomic E-state index is 9.73. The maximum Gasteiger partial charge on any atom is 0.0684 e. The van der Waals surface area contributed by atoms with E-state index in [1.54, 1.807) is 6.20 Å². The third-order valence-electron chi connectivity index (χ3n) is 3.26. The summed E-state index contributed by atoms with van der Waals surface area (Å²) < 4.78 is 1.87. The highest BCUT2D eigenvalue weighted by Gasteiger charge is 2.25. The second-order valence-corrected chi connectivity index (χ2v) is 6.56. The number of aromatic nitrogens is 1. The lowest BCUT2D eigenvalue weighted by Gasteiger charge is -2.29. The van der Waals surface area contributed by atoms with E-state index in [1.807, 2.05) is 43.3 Å². The number of hydrogen-bond acceptors (Lipinski definition) is 3. The molecule has 5 heteroatoms. The first-order valence-electron chi connectivity index (χ1n) is 6.26. The van der Waals surface area contributed by atoms with Crippen LogP contribution in [0, 0.1) is 0 Å². The van der Waals surface area contributed by atoms with Crippen LogP contribution in [0.25, 0.3) is 0 Å². The Kier molecular flexibility index (Phi) is 5.32. The smallest absolute Gasteiger partial charge is 0.0684 e. The van der Waals surface area contributed by atoms with E-state index < -0.39 is 5.54 Å². The molecule has 20 heavy (non-hydrogen) atoms. The van der Waals surface area contributed by atoms with Crippen LogP contribution in [0.3, 0.4) is 0 Å². The highest BCUT2D eigenvalue weighted by molar-refractivity contribution is 9.11. The first-order valence-corrected chi connectivity index (χ1v) is 7.85. The van der Waals surface area contributed by atoms with Gasteiger partial charge in [-0.1, -0.05) is 30.3 Å². The second-order valence-electron chi connectivity index (χ2n) is 4.79. The van der Waals surface area contributed by atoms with Gasteiger partial charge in [-0.25, -0.2) is 0 Å². The minimum absolute atomic E-state index is 0.0190. The molecule has 2 aromatic rings. The topological polar surface area (TPSA) is 45.1 Å². The van der Waals surface area contributed by atoms with Gasteiger partial charge in [0.25, 0.3) is 0 Å². The Hall–Kier alpha value is -0.750. The van der Waals surface area contributed by atoms with Crippen molar-refractivity contribution in [2.75, 3.05) is 6.61 Å². The lowest BCUT2D eigenvalue weighted by atomic mass is 9.93. The number of hydrogen-bond donors (Lipinski definition) is 2. The molecule has 0 bridgehead atoms. The van der Waals surface area contributed by atoms with Gasteiger partial charge in [-0.3, -0.25) is 10.3 Å². The number of halogens is 2. The molecule has 106 valence electrons. The average Bonchev–Trinajstić information content (AvgIpc) is 2.47. The third kappa shape index (κ3) is 3.67. The Morgan fingerprint density at radius 1 is 1.25 bits per heavy atom. The van der Waals surface area contributed by atoms with Gasteiger partial charge in [0.15, 0.2) is 0 Å². The Morgan fingerprint density at radius 2 is 1.95 bits per heavy atom. The Labute approximate surface area is 135 Å². The molecule has 0 amide bonds. The molecule has 2 rings (SSSR count). The van der Waals surface area contributed by atoms with E-state index in [0.717, 1.165) is 20.2 Å². The van der Waals surface area contributed by atoms with Crippen LogP contribution in [-0.2, 0) is 12.1 Å². The maximum absolute atomic E-state index is 9.73. The van der Waals surface area contributed by atoms with Crippen LogP contribution in [0.2, 0.25) is 0 Å². The minimum atomic E-state index is -0.491. The standard InChI is InChI=1S/C15H16Br2N2O/c1-15(10-20,11-5-3-2-4-6-11)19-9-14-13(17)7-12(16)8-18-14/h2-8,19-20H,9-10H2,1H3. The predicted octanol–water partition coefficient (Wildman–Crippen LogP) is 3.60. The molecule has 0 saturated heterocycles. The van der Waals surface area contributed by atoms with Gasteiger partial charge in [0, 0.05) is 21.7 Å². The van der Waals surface area contributed by atoms with Crippen molar-refractivity contribution in [2.24, 2.45) is 0 Å². The zero-order valence-corrected chi connectivity index (χ0v) is 14.3. The summed E-state index contributed by atoms with van der Waals surface area (Å²) in [4.78, 5) is 4.37. The van der Waals surface area contributed by atoms with E-state index in [9.17, 15) is 5.11 Å². The largest absolute Gasteiger partial charge is 0.394 e. The molecule has 0 aliphatic carbocycles. The van der Waals surface area contributed by atoms with Crippen molar-refractivity contribution in [3.63, 3.8) is 0 Å². The lowest BCUT2D eigenvalue weighted by molar-refractivity contribution is 0.173. The van der Waals surface area contributed by atoms with E-state index in [2.05, 4.69) is 42.2 Å². The van der Waals surface area contributed by atoms with E-state index in [0.29, 0.717) is 6.54 Å². The first kappa shape index (κ1) is 15.6. The van der Waals surface area contributed by atoms with Crippen LogP contribution >= 0.6 is 31.9 Å². The van der Waals surface area contributed by atoms with Crippen molar-refractivity contribution in [1.29, 1.82) is 0 Å². The fourth-order valence-corrected chi connectivity index (χ4v) is 3.03. The summed E-state index contributed by atoms with van der Waals surface area (Å²) >= 11 is 6.88. The number of aliphatic hydroxyl groups is 1. The molecule has 0 spiro atoms. The number of benzene rings is 1. The molecule has 3 nitrogen and oxygen atoms in total. The van der Waals surface area contributed by atoms with Gasteiger partial charge in [0.2, 0.25) is 0 Å². The van der Waals surface area contributed by atoms with Gasteiger partial charge in [-0.05, 0) is 50.4 Å². The molecule has 0 saturated carbocycles. The van der Waals surface area contributed by atoms with Gasteiger partial charge in [0.05, 0.1) is 17.8 Å². The summed E-state index contributed by atoms with van der Waals surface area (Å²) in [5.74, 6) is 0. The monoisotopic (exact) mass is 398 g/mol. The summed E-state index contributed by atoms with van der Waals surface area (Å²) in [5.41, 5.74) is 1.47. The molecule has 2 N–H and O–H groups in total. The summed E-state index contributed by atoms with van der Waals surface area (Å²) in [5, 5.41) is 13.1. The van der Waals surface area contributed by atoms with Crippen molar-refractivity contribution >= 4 is 31.9 Å². The number of nitrogens with one attached hydrogen (secondary N) is 1. The molecule has 1 atom stereocenters. The molecule has 1 unspecified atom stereocenters. The van der Waals surface area contributed by atoms with Crippen LogP contribution in [0.5, 0.6) is 0 Å². The Balaban J connectivity index is 2.15. The van der Waals surface area contributed by atoms with E-state index in [-0.39, 0.29) is 6.61 Å². The van der Waals surface area contributed by atoms with Gasteiger partial charge >= 0.3 is 0 Å². The van der Waals surface area contributed by atoms with Crippen molar-refractivity contribution in [3.05, 3.63) is 62.8 Å². The molecular weight excluding hydrogens is 384 g/mol. The Bertz CT molecular complexity index is 577. The summed E-state index contributed by atoms with van der Waals surface area (Å²) in [7, 11) is 0. The number of rotatable bonds is 5. The summed E-state index contributed by atoms with van der Waals surface area (Å²) in [6.07, 6.45) is 1.76. The molecular formula is C15H16Br2N2O. The molecule has 1 aromatic carbocycles. The number of aliphatic hydroxyl groups excluding tert-OH is 1. The van der Waals surface area contributed by atoms with Gasteiger partial charge in [-0.15, -0.1) is 0 Å². The van der Waals surface area contributed by atoms with Gasteiger partial charge in [0.1, 0.15) is 0 Å². The highest BCUT2D eigenvalue weighted by atomic mass is 79.9. The fraction of sp³-hybridized carbons (Fsp3) is 0.267. The average molecular weight is 400 g/mol. The minimum Gasteiger partial charge on any atom is -0.394 e. The second kappa shape index (κ2) is 6.80. The Morgan fingerprint density at radius 3 is 2.55 bits per heavy atom. The van der Waals surface area contributed by atoms with Crippen LogP contribution in [0.4, 0.5) is 0 Å². The van der Waals surface area contributed by atoms with Gasteiger partial charge in [-0.2, -0.15) is 0 Å². The normalized spacial score (nSPS) is 14.0. The number of nitrogens with zero attached hydrogens (tertiary/aromatic N) is 1. The van der Waals surface area contributed by atoms with Gasteiger partial charge < -0.3 is 5.11 Å². The summed E-state index contributed by atoms with van der Waals surface area (Å²) in [6, 6.07) is 11.9. The fourth-order valence-electron chi connectivity index (χ4n) is 1.91. The lowest BCUT2D eigenvalue weighted by Crippen LogP contribution is -2.42. The van der Waals surface area contributed by atoms with E-state index in [1.165, 1.54) is 0 Å². The third-order valence-corrected chi connectivity index (χ3v) is 4.38. The molecule has 0 aliphatic rings. The van der Waals surface area contributed by atoms with Crippen LogP contribution in [-0.4, -0.2) is 16.7 Å². The molecule has 1 aromatic heterocycles. The van der Waals surface area contributed by atoms with Crippen LogP contribution in [0.1, 0.15) is 18.2 Å². The molecule has 0 fully saturated rings. The highest BCUT2D eigenvalue weighted by Crippen LogP contribution is 2.23. The van der Waals surface area contributed by atoms with Crippen molar-refractivity contribution in [1.82, 2.24) is 10.3 Å². The quantitative estimate of drug-likeness (QED) is 0.807. The van der Waals surface area contributed by atoms with Crippen molar-refractivity contribution in [3.8, 4) is 0 Å². The number of pyridine rings is 1. The van der Waals surface area contributed by atoms with Crippen molar-refractivity contribution < 1.29 is 5.11 Å². The molecule has 0 radical (unpaired) electrons. The zero-order valence-electron chi connectivity index (χ0n) is 11.1. The molecule has 1 heterocycles. The summed E-state index contributed by atoms with van der Waals surface area (Å²) in [6.45, 7) is 2.57. The zero-order chi connectivity index (χ0) is 14.6. The first-order chi connectivity index (χ1) is 9.55. The van der Waals surface area contributed by atoms with Crippen LogP contribution in [0.15, 0.2) is 51.5 Å². The van der Waals surface area contributed by atoms with Crippen molar-refractivity contribution in [2.45, 2.75) is 19.0 Å². The van der Waals surface area contributed by atoms with E-state index >= 15 is 0 Å². The SMILES string of the molecule is CC(CO)(NCc1ncc(Br)cc1Br)c1ccccc1. The predicted molar refractivity (Wildman–Crippen MR) is 87.4 cm³/mol.